The van der Waals surface area contributed by atoms with E-state index in [1.165, 1.54) is 25.7 Å². The molecule has 0 aliphatic heterocycles. The van der Waals surface area contributed by atoms with Gasteiger partial charge in [-0.2, -0.15) is 4.98 Å². The van der Waals surface area contributed by atoms with Gasteiger partial charge in [-0.25, -0.2) is 4.68 Å². The highest BCUT2D eigenvalue weighted by atomic mass is 16.5. The number of fused-ring (bicyclic) bond motifs is 1. The number of methoxy groups -OCH3 is 1. The van der Waals surface area contributed by atoms with Gasteiger partial charge in [0.1, 0.15) is 11.3 Å². The van der Waals surface area contributed by atoms with Crippen molar-refractivity contribution in [3.8, 4) is 28.6 Å². The average molecular weight is 361 g/mol. The van der Waals surface area contributed by atoms with E-state index in [4.69, 9.17) is 9.26 Å². The van der Waals surface area contributed by atoms with Crippen LogP contribution in [0.1, 0.15) is 31.7 Å². The first-order valence-corrected chi connectivity index (χ1v) is 9.15. The summed E-state index contributed by atoms with van der Waals surface area (Å²) in [7, 11) is 1.63. The van der Waals surface area contributed by atoms with Crippen LogP contribution in [-0.2, 0) is 0 Å². The minimum absolute atomic E-state index is 0.457. The Kier molecular flexibility index (Phi) is 3.85. The molecule has 7 nitrogen and oxygen atoms in total. The zero-order chi connectivity index (χ0) is 18.2. The molecular formula is C20H19N5O2. The Labute approximate surface area is 156 Å². The predicted molar refractivity (Wildman–Crippen MR) is 100 cm³/mol. The Morgan fingerprint density at radius 1 is 1.07 bits per heavy atom. The van der Waals surface area contributed by atoms with Crippen LogP contribution in [0, 0.1) is 0 Å². The van der Waals surface area contributed by atoms with Crippen molar-refractivity contribution in [2.24, 2.45) is 0 Å². The summed E-state index contributed by atoms with van der Waals surface area (Å²) in [6, 6.07) is 14.0. The molecule has 1 aliphatic carbocycles. The van der Waals surface area contributed by atoms with E-state index in [1.54, 1.807) is 7.11 Å². The van der Waals surface area contributed by atoms with Gasteiger partial charge in [0.25, 0.3) is 5.89 Å². The topological polar surface area (TPSA) is 78.9 Å². The molecule has 1 fully saturated rings. The molecule has 1 aliphatic rings. The van der Waals surface area contributed by atoms with Gasteiger partial charge in [-0.05, 0) is 49.2 Å². The van der Waals surface area contributed by atoms with Crippen molar-refractivity contribution in [3.63, 3.8) is 0 Å². The summed E-state index contributed by atoms with van der Waals surface area (Å²) in [6.07, 6.45) is 4.88. The first-order valence-electron chi connectivity index (χ1n) is 9.15. The van der Waals surface area contributed by atoms with E-state index in [0.717, 1.165) is 27.9 Å². The van der Waals surface area contributed by atoms with Crippen molar-refractivity contribution in [1.29, 1.82) is 0 Å². The van der Waals surface area contributed by atoms with Crippen LogP contribution in [0.2, 0.25) is 0 Å². The summed E-state index contributed by atoms with van der Waals surface area (Å²) in [6.45, 7) is 0. The van der Waals surface area contributed by atoms with Gasteiger partial charge in [-0.1, -0.05) is 29.3 Å². The molecule has 0 saturated heterocycles. The van der Waals surface area contributed by atoms with E-state index in [2.05, 4.69) is 25.1 Å². The Bertz CT molecular complexity index is 1090. The quantitative estimate of drug-likeness (QED) is 0.540. The summed E-state index contributed by atoms with van der Waals surface area (Å²) in [5.41, 5.74) is 3.59. The highest BCUT2D eigenvalue weighted by molar-refractivity contribution is 5.80. The van der Waals surface area contributed by atoms with Gasteiger partial charge in [0, 0.05) is 11.1 Å². The van der Waals surface area contributed by atoms with Crippen LogP contribution >= 0.6 is 0 Å². The van der Waals surface area contributed by atoms with Crippen molar-refractivity contribution in [3.05, 3.63) is 42.5 Å². The van der Waals surface area contributed by atoms with Gasteiger partial charge in [0.2, 0.25) is 5.82 Å². The summed E-state index contributed by atoms with van der Waals surface area (Å²) >= 11 is 0. The van der Waals surface area contributed by atoms with Crippen molar-refractivity contribution in [1.82, 2.24) is 25.1 Å². The molecule has 0 spiro atoms. The number of nitrogens with zero attached hydrogens (tertiary/aromatic N) is 5. The fourth-order valence-corrected chi connectivity index (χ4v) is 3.71. The van der Waals surface area contributed by atoms with Crippen molar-refractivity contribution in [2.75, 3.05) is 7.11 Å². The second kappa shape index (κ2) is 6.50. The fraction of sp³-hybridized carbons (Fsp3) is 0.300. The molecule has 2 aromatic heterocycles. The molecular weight excluding hydrogens is 342 g/mol. The van der Waals surface area contributed by atoms with Gasteiger partial charge in [-0.3, -0.25) is 0 Å². The highest BCUT2D eigenvalue weighted by Gasteiger charge is 2.20. The van der Waals surface area contributed by atoms with Crippen LogP contribution in [-0.4, -0.2) is 32.2 Å². The van der Waals surface area contributed by atoms with E-state index in [-0.39, 0.29) is 0 Å². The second-order valence-corrected chi connectivity index (χ2v) is 6.83. The monoisotopic (exact) mass is 361 g/mol. The predicted octanol–water partition coefficient (Wildman–Crippen LogP) is 4.27. The highest BCUT2D eigenvalue weighted by Crippen LogP contribution is 2.32. The molecule has 0 unspecified atom stereocenters. The van der Waals surface area contributed by atoms with Crippen LogP contribution < -0.4 is 4.74 Å². The summed E-state index contributed by atoms with van der Waals surface area (Å²) in [5, 5.41) is 12.8. The third-order valence-electron chi connectivity index (χ3n) is 5.14. The molecule has 27 heavy (non-hydrogen) atoms. The van der Waals surface area contributed by atoms with E-state index in [9.17, 15) is 0 Å². The van der Waals surface area contributed by atoms with Crippen molar-refractivity contribution < 1.29 is 9.26 Å². The zero-order valence-corrected chi connectivity index (χ0v) is 15.0. The number of hydrogen-bond acceptors (Lipinski definition) is 6. The van der Waals surface area contributed by atoms with Crippen LogP contribution in [0.5, 0.6) is 5.75 Å². The molecule has 0 radical (unpaired) electrons. The third kappa shape index (κ3) is 2.85. The SMILES string of the molecule is COc1cccc(-c2nc(-c3ccc4c(c3)nnn4C3CCCC3)no2)c1. The second-order valence-electron chi connectivity index (χ2n) is 6.83. The summed E-state index contributed by atoms with van der Waals surface area (Å²) in [5.74, 6) is 1.74. The Morgan fingerprint density at radius 3 is 2.81 bits per heavy atom. The zero-order valence-electron chi connectivity index (χ0n) is 15.0. The van der Waals surface area contributed by atoms with Gasteiger partial charge >= 0.3 is 0 Å². The normalized spacial score (nSPS) is 14.9. The molecule has 1 saturated carbocycles. The fourth-order valence-electron chi connectivity index (χ4n) is 3.71. The molecule has 5 rings (SSSR count). The van der Waals surface area contributed by atoms with Crippen molar-refractivity contribution >= 4 is 11.0 Å². The number of hydrogen-bond donors (Lipinski definition) is 0. The summed E-state index contributed by atoms with van der Waals surface area (Å²) in [4.78, 5) is 4.53. The third-order valence-corrected chi connectivity index (χ3v) is 5.14. The summed E-state index contributed by atoms with van der Waals surface area (Å²) < 4.78 is 12.8. The number of aromatic nitrogens is 5. The van der Waals surface area contributed by atoms with Gasteiger partial charge in [0.15, 0.2) is 0 Å². The first-order chi connectivity index (χ1) is 13.3. The van der Waals surface area contributed by atoms with E-state index in [1.807, 2.05) is 42.5 Å². The molecule has 7 heteroatoms. The Hall–Kier alpha value is -3.22. The first kappa shape index (κ1) is 16.0. The maximum Gasteiger partial charge on any atom is 0.258 e. The lowest BCUT2D eigenvalue weighted by molar-refractivity contribution is 0.413. The minimum atomic E-state index is 0.457. The van der Waals surface area contributed by atoms with Gasteiger partial charge in [0.05, 0.1) is 18.7 Å². The molecule has 4 aromatic rings. The Balaban J connectivity index is 1.48. The largest absolute Gasteiger partial charge is 0.497 e. The lowest BCUT2D eigenvalue weighted by atomic mass is 10.1. The van der Waals surface area contributed by atoms with Crippen LogP contribution in [0.15, 0.2) is 47.0 Å². The molecule has 0 amide bonds. The van der Waals surface area contributed by atoms with E-state index < -0.39 is 0 Å². The standard InChI is InChI=1S/C20H19N5O2/c1-26-16-8-4-5-14(11-16)20-21-19(23-27-20)13-9-10-18-17(12-13)22-24-25(18)15-6-2-3-7-15/h4-5,8-12,15H,2-3,6-7H2,1H3. The minimum Gasteiger partial charge on any atom is -0.497 e. The maximum atomic E-state index is 5.45. The maximum absolute atomic E-state index is 5.45. The van der Waals surface area contributed by atoms with Crippen LogP contribution in [0.3, 0.4) is 0 Å². The number of rotatable bonds is 4. The molecule has 0 atom stereocenters. The lowest BCUT2D eigenvalue weighted by Gasteiger charge is -2.09. The molecule has 2 heterocycles. The van der Waals surface area contributed by atoms with Crippen molar-refractivity contribution in [2.45, 2.75) is 31.7 Å². The Morgan fingerprint density at radius 2 is 1.96 bits per heavy atom. The molecule has 136 valence electrons. The van der Waals surface area contributed by atoms with Gasteiger partial charge < -0.3 is 9.26 Å². The smallest absolute Gasteiger partial charge is 0.258 e. The molecule has 0 bridgehead atoms. The molecule has 2 aromatic carbocycles. The lowest BCUT2D eigenvalue weighted by Crippen LogP contribution is -2.06. The van der Waals surface area contributed by atoms with Crippen LogP contribution in [0.25, 0.3) is 33.9 Å². The molecule has 0 N–H and O–H groups in total. The van der Waals surface area contributed by atoms with Gasteiger partial charge in [-0.15, -0.1) is 5.10 Å². The average Bonchev–Trinajstić information content (AvgIpc) is 3.47. The number of benzene rings is 2. The van der Waals surface area contributed by atoms with E-state index >= 15 is 0 Å². The number of ether oxygens (including phenoxy) is 1. The van der Waals surface area contributed by atoms with Crippen LogP contribution in [0.4, 0.5) is 0 Å². The van der Waals surface area contributed by atoms with E-state index in [0.29, 0.717) is 17.8 Å².